The highest BCUT2D eigenvalue weighted by Gasteiger charge is 2.43. The van der Waals surface area contributed by atoms with Crippen LogP contribution in [0.4, 0.5) is 0 Å². The van der Waals surface area contributed by atoms with E-state index < -0.39 is 43.2 Å². The lowest BCUT2D eigenvalue weighted by Crippen LogP contribution is -2.62. The Hall–Kier alpha value is -1.55. The Morgan fingerprint density at radius 1 is 1.22 bits per heavy atom. The van der Waals surface area contributed by atoms with Crippen LogP contribution >= 0.6 is 0 Å². The summed E-state index contributed by atoms with van der Waals surface area (Å²) < 4.78 is 10.4. The number of para-hydroxylation sites is 1. The van der Waals surface area contributed by atoms with Gasteiger partial charge in [0, 0.05) is 19.0 Å². The summed E-state index contributed by atoms with van der Waals surface area (Å²) in [6, 6.07) is 6.84. The highest BCUT2D eigenvalue weighted by Crippen LogP contribution is 2.22. The van der Waals surface area contributed by atoms with Gasteiger partial charge >= 0.3 is 5.97 Å². The van der Waals surface area contributed by atoms with Gasteiger partial charge in [0.1, 0.15) is 36.4 Å². The van der Waals surface area contributed by atoms with Crippen LogP contribution in [-0.4, -0.2) is 63.6 Å². The fraction of sp³-hybridized carbons (Fsp3) is 0.533. The lowest BCUT2D eigenvalue weighted by Gasteiger charge is -2.40. The summed E-state index contributed by atoms with van der Waals surface area (Å²) in [4.78, 5) is 11.1. The number of hydrogen-bond acceptors (Lipinski definition) is 8. The zero-order valence-corrected chi connectivity index (χ0v) is 12.6. The van der Waals surface area contributed by atoms with Gasteiger partial charge in [-0.25, -0.2) is 0 Å². The molecule has 1 heterocycles. The maximum absolute atomic E-state index is 11.1. The molecule has 0 aliphatic carbocycles. The zero-order chi connectivity index (χ0) is 17.0. The number of nitrogens with one attached hydrogen (secondary N) is 1. The van der Waals surface area contributed by atoms with E-state index in [1.54, 1.807) is 24.3 Å². The summed E-state index contributed by atoms with van der Waals surface area (Å²) >= 11 is 0. The van der Waals surface area contributed by atoms with Gasteiger partial charge in [0.25, 0.3) is 0 Å². The molecule has 8 nitrogen and oxygen atoms in total. The van der Waals surface area contributed by atoms with Crippen LogP contribution < -0.4 is 10.1 Å². The van der Waals surface area contributed by atoms with Crippen LogP contribution in [0.15, 0.2) is 24.3 Å². The predicted molar refractivity (Wildman–Crippen MR) is 78.4 cm³/mol. The number of esters is 1. The van der Waals surface area contributed by atoms with Gasteiger partial charge < -0.3 is 29.9 Å². The van der Waals surface area contributed by atoms with Crippen molar-refractivity contribution in [3.63, 3.8) is 0 Å². The second-order valence-electron chi connectivity index (χ2n) is 5.33. The Morgan fingerprint density at radius 2 is 1.91 bits per heavy atom. The molecule has 2 rings (SSSR count). The van der Waals surface area contributed by atoms with E-state index >= 15 is 0 Å². The van der Waals surface area contributed by atoms with Crippen molar-refractivity contribution in [2.75, 3.05) is 6.61 Å². The molecule has 1 fully saturated rings. The van der Waals surface area contributed by atoms with Crippen LogP contribution in [0.5, 0.6) is 5.75 Å². The normalized spacial score (nSPS) is 30.9. The van der Waals surface area contributed by atoms with Crippen molar-refractivity contribution in [1.29, 1.82) is 0 Å². The molecule has 23 heavy (non-hydrogen) atoms. The van der Waals surface area contributed by atoms with E-state index in [0.717, 1.165) is 0 Å². The first-order valence-corrected chi connectivity index (χ1v) is 7.24. The molecule has 1 aromatic rings. The summed E-state index contributed by atoms with van der Waals surface area (Å²) in [6.07, 6.45) is -6.18. The number of benzene rings is 1. The van der Waals surface area contributed by atoms with E-state index in [4.69, 9.17) is 14.6 Å². The Labute approximate surface area is 133 Å². The van der Waals surface area contributed by atoms with Gasteiger partial charge in [-0.2, -0.15) is 0 Å². The summed E-state index contributed by atoms with van der Waals surface area (Å²) in [5, 5.41) is 41.4. The number of rotatable bonds is 5. The van der Waals surface area contributed by atoms with Gasteiger partial charge in [-0.1, -0.05) is 18.2 Å². The minimum absolute atomic E-state index is 0.187. The van der Waals surface area contributed by atoms with E-state index in [1.165, 1.54) is 6.92 Å². The average Bonchev–Trinajstić information content (AvgIpc) is 2.53. The fourth-order valence-corrected chi connectivity index (χ4v) is 2.39. The summed E-state index contributed by atoms with van der Waals surface area (Å²) in [5.41, 5.74) is 0.652. The first kappa shape index (κ1) is 17.8. The number of aliphatic hydroxyl groups is 4. The van der Waals surface area contributed by atoms with Crippen LogP contribution in [0.1, 0.15) is 12.5 Å². The Bertz CT molecular complexity index is 536. The van der Waals surface area contributed by atoms with Gasteiger partial charge in [0.05, 0.1) is 6.61 Å². The molecule has 0 aromatic heterocycles. The van der Waals surface area contributed by atoms with Crippen molar-refractivity contribution >= 4 is 5.97 Å². The highest BCUT2D eigenvalue weighted by molar-refractivity contribution is 5.69. The molecular weight excluding hydrogens is 306 g/mol. The molecule has 1 aliphatic heterocycles. The standard InChI is InChI=1S/C15H21NO7/c1-8(18)22-10-5-3-2-4-9(10)6-16-15-14(21)13(20)12(19)11(7-17)23-15/h2-5,11-17,19-21H,6-7H2,1H3/t11-,12+,13-,14-,15?/m1/s1. The lowest BCUT2D eigenvalue weighted by molar-refractivity contribution is -0.236. The van der Waals surface area contributed by atoms with Crippen LogP contribution in [0.3, 0.4) is 0 Å². The summed E-state index contributed by atoms with van der Waals surface area (Å²) in [5.74, 6) is -0.0811. The number of carbonyl (C=O) groups is 1. The minimum atomic E-state index is -1.44. The SMILES string of the molecule is CC(=O)Oc1ccccc1CNC1O[C@H](CO)[C@H](O)[C@@H](O)[C@H]1O. The quantitative estimate of drug-likeness (QED) is 0.326. The average molecular weight is 327 g/mol. The van der Waals surface area contributed by atoms with Crippen molar-refractivity contribution < 1.29 is 34.7 Å². The minimum Gasteiger partial charge on any atom is -0.426 e. The molecule has 8 heteroatoms. The largest absolute Gasteiger partial charge is 0.426 e. The first-order valence-electron chi connectivity index (χ1n) is 7.24. The molecule has 0 saturated carbocycles. The number of aliphatic hydroxyl groups excluding tert-OH is 4. The molecule has 1 unspecified atom stereocenters. The zero-order valence-electron chi connectivity index (χ0n) is 12.6. The Kier molecular flexibility index (Phi) is 6.05. The van der Waals surface area contributed by atoms with Gasteiger partial charge in [-0.3, -0.25) is 10.1 Å². The van der Waals surface area contributed by atoms with Crippen LogP contribution in [0.2, 0.25) is 0 Å². The third-order valence-corrected chi connectivity index (χ3v) is 3.61. The molecule has 1 aromatic carbocycles. The van der Waals surface area contributed by atoms with Crippen molar-refractivity contribution in [2.24, 2.45) is 0 Å². The maximum atomic E-state index is 11.1. The molecule has 0 spiro atoms. The van der Waals surface area contributed by atoms with Crippen molar-refractivity contribution in [2.45, 2.75) is 44.1 Å². The maximum Gasteiger partial charge on any atom is 0.308 e. The monoisotopic (exact) mass is 327 g/mol. The molecule has 1 saturated heterocycles. The molecular formula is C15H21NO7. The van der Waals surface area contributed by atoms with E-state index in [-0.39, 0.29) is 6.54 Å². The fourth-order valence-electron chi connectivity index (χ4n) is 2.39. The van der Waals surface area contributed by atoms with Gasteiger partial charge in [0.2, 0.25) is 0 Å². The number of carbonyl (C=O) groups excluding carboxylic acids is 1. The summed E-state index contributed by atoms with van der Waals surface area (Å²) in [7, 11) is 0. The van der Waals surface area contributed by atoms with Crippen LogP contribution in [-0.2, 0) is 16.1 Å². The molecule has 0 radical (unpaired) electrons. The van der Waals surface area contributed by atoms with Crippen LogP contribution in [0, 0.1) is 0 Å². The highest BCUT2D eigenvalue weighted by atomic mass is 16.6. The van der Waals surface area contributed by atoms with Crippen molar-refractivity contribution in [1.82, 2.24) is 5.32 Å². The smallest absolute Gasteiger partial charge is 0.308 e. The number of hydrogen-bond donors (Lipinski definition) is 5. The van der Waals surface area contributed by atoms with Crippen molar-refractivity contribution in [3.05, 3.63) is 29.8 Å². The third kappa shape index (κ3) is 4.25. The van der Waals surface area contributed by atoms with Gasteiger partial charge in [-0.15, -0.1) is 0 Å². The van der Waals surface area contributed by atoms with E-state index in [0.29, 0.717) is 11.3 Å². The molecule has 5 atom stereocenters. The van der Waals surface area contributed by atoms with Crippen molar-refractivity contribution in [3.8, 4) is 5.75 Å². The number of ether oxygens (including phenoxy) is 2. The third-order valence-electron chi connectivity index (χ3n) is 3.61. The topological polar surface area (TPSA) is 128 Å². The predicted octanol–water partition coefficient (Wildman–Crippen LogP) is -1.50. The van der Waals surface area contributed by atoms with E-state index in [1.807, 2.05) is 0 Å². The molecule has 0 bridgehead atoms. The molecule has 5 N–H and O–H groups in total. The van der Waals surface area contributed by atoms with Crippen LogP contribution in [0.25, 0.3) is 0 Å². The van der Waals surface area contributed by atoms with E-state index in [2.05, 4.69) is 5.32 Å². The van der Waals surface area contributed by atoms with E-state index in [9.17, 15) is 20.1 Å². The summed E-state index contributed by atoms with van der Waals surface area (Å²) in [6.45, 7) is 0.987. The molecule has 0 amide bonds. The lowest BCUT2D eigenvalue weighted by atomic mass is 9.98. The Balaban J connectivity index is 2.04. The van der Waals surface area contributed by atoms with Gasteiger partial charge in [0.15, 0.2) is 0 Å². The second kappa shape index (κ2) is 7.82. The second-order valence-corrected chi connectivity index (χ2v) is 5.33. The molecule has 128 valence electrons. The van der Waals surface area contributed by atoms with Gasteiger partial charge in [-0.05, 0) is 6.07 Å². The Morgan fingerprint density at radius 3 is 2.57 bits per heavy atom. The first-order chi connectivity index (χ1) is 10.9. The molecule has 1 aliphatic rings.